The number of carbonyl (C=O) groups excluding carboxylic acids is 1. The molecule has 5 nitrogen and oxygen atoms in total. The van der Waals surface area contributed by atoms with Gasteiger partial charge in [-0.15, -0.1) is 11.8 Å². The molecule has 3 rings (SSSR count). The lowest BCUT2D eigenvalue weighted by Gasteiger charge is -2.10. The maximum absolute atomic E-state index is 12.7. The normalized spacial score (nSPS) is 10.6. The molecule has 0 aliphatic rings. The Morgan fingerprint density at radius 1 is 1.20 bits per heavy atom. The van der Waals surface area contributed by atoms with Crippen molar-refractivity contribution in [3.8, 4) is 0 Å². The van der Waals surface area contributed by atoms with Crippen LogP contribution in [0.25, 0.3) is 0 Å². The Hall–Kier alpha value is -2.60. The summed E-state index contributed by atoms with van der Waals surface area (Å²) in [4.78, 5) is 17.7. The Kier molecular flexibility index (Phi) is 5.50. The number of rotatable bonds is 6. The molecule has 0 atom stereocenters. The lowest BCUT2D eigenvalue weighted by Crippen LogP contribution is -2.13. The fraction of sp³-hybridized carbons (Fsp3) is 0.211. The van der Waals surface area contributed by atoms with E-state index in [-0.39, 0.29) is 5.91 Å². The number of carbonyl (C=O) groups is 1. The average Bonchev–Trinajstić information content (AvgIpc) is 3.05. The van der Waals surface area contributed by atoms with Crippen molar-refractivity contribution in [1.29, 1.82) is 0 Å². The highest BCUT2D eigenvalue weighted by atomic mass is 32.2. The Morgan fingerprint density at radius 2 is 2.04 bits per heavy atom. The standard InChI is InChI=1S/C19H19N3O2S/c1-3-14-7-6-8-15(11-14)21-19(23)16-9-4-5-10-17(16)25-12-18-20-13(2)24-22-18/h4-11H,3,12H2,1-2H3,(H,21,23). The Bertz CT molecular complexity index is 876. The fourth-order valence-electron chi connectivity index (χ4n) is 2.39. The van der Waals surface area contributed by atoms with Gasteiger partial charge in [0.25, 0.3) is 5.91 Å². The van der Waals surface area contributed by atoms with Gasteiger partial charge < -0.3 is 9.84 Å². The summed E-state index contributed by atoms with van der Waals surface area (Å²) in [6, 6.07) is 15.4. The summed E-state index contributed by atoms with van der Waals surface area (Å²) in [5.41, 5.74) is 2.63. The van der Waals surface area contributed by atoms with Crippen LogP contribution in [-0.4, -0.2) is 16.0 Å². The lowest BCUT2D eigenvalue weighted by atomic mass is 10.1. The smallest absolute Gasteiger partial charge is 0.256 e. The summed E-state index contributed by atoms with van der Waals surface area (Å²) in [7, 11) is 0. The van der Waals surface area contributed by atoms with Gasteiger partial charge in [-0.25, -0.2) is 0 Å². The average molecular weight is 353 g/mol. The zero-order chi connectivity index (χ0) is 17.6. The molecule has 128 valence electrons. The Morgan fingerprint density at radius 3 is 2.80 bits per heavy atom. The van der Waals surface area contributed by atoms with Crippen LogP contribution in [0.15, 0.2) is 57.9 Å². The Balaban J connectivity index is 1.73. The monoisotopic (exact) mass is 353 g/mol. The van der Waals surface area contributed by atoms with E-state index >= 15 is 0 Å². The van der Waals surface area contributed by atoms with Gasteiger partial charge in [-0.1, -0.05) is 36.3 Å². The molecule has 0 spiro atoms. The molecule has 0 unspecified atom stereocenters. The van der Waals surface area contributed by atoms with E-state index < -0.39 is 0 Å². The van der Waals surface area contributed by atoms with E-state index in [1.165, 1.54) is 17.3 Å². The van der Waals surface area contributed by atoms with Gasteiger partial charge >= 0.3 is 0 Å². The maximum atomic E-state index is 12.7. The summed E-state index contributed by atoms with van der Waals surface area (Å²) in [6.07, 6.45) is 0.931. The number of anilines is 1. The van der Waals surface area contributed by atoms with Crippen molar-refractivity contribution in [3.05, 3.63) is 71.4 Å². The second kappa shape index (κ2) is 7.98. The van der Waals surface area contributed by atoms with Crippen LogP contribution in [0.3, 0.4) is 0 Å². The summed E-state index contributed by atoms with van der Waals surface area (Å²) in [5.74, 6) is 1.58. The molecule has 0 bridgehead atoms. The minimum absolute atomic E-state index is 0.124. The van der Waals surface area contributed by atoms with Crippen LogP contribution in [0, 0.1) is 6.92 Å². The zero-order valence-corrected chi connectivity index (χ0v) is 15.0. The number of nitrogens with zero attached hydrogens (tertiary/aromatic N) is 2. The van der Waals surface area contributed by atoms with Gasteiger partial charge in [-0.3, -0.25) is 4.79 Å². The maximum Gasteiger partial charge on any atom is 0.256 e. The molecule has 25 heavy (non-hydrogen) atoms. The van der Waals surface area contributed by atoms with Crippen LogP contribution in [0.1, 0.15) is 34.6 Å². The van der Waals surface area contributed by atoms with Gasteiger partial charge in [0.2, 0.25) is 5.89 Å². The summed E-state index contributed by atoms with van der Waals surface area (Å²) < 4.78 is 4.98. The third-order valence-corrected chi connectivity index (χ3v) is 4.72. The van der Waals surface area contributed by atoms with Crippen molar-refractivity contribution in [2.75, 3.05) is 5.32 Å². The number of amides is 1. The molecule has 0 aliphatic carbocycles. The van der Waals surface area contributed by atoms with Crippen LogP contribution in [0.4, 0.5) is 5.69 Å². The Labute approximate surface area is 150 Å². The first kappa shape index (κ1) is 17.2. The van der Waals surface area contributed by atoms with E-state index in [2.05, 4.69) is 22.4 Å². The van der Waals surface area contributed by atoms with Gasteiger partial charge in [0.05, 0.1) is 11.3 Å². The molecular weight excluding hydrogens is 334 g/mol. The summed E-state index contributed by atoms with van der Waals surface area (Å²) >= 11 is 1.51. The van der Waals surface area contributed by atoms with E-state index in [0.29, 0.717) is 23.0 Å². The van der Waals surface area contributed by atoms with Gasteiger partial charge in [0, 0.05) is 17.5 Å². The first-order valence-corrected chi connectivity index (χ1v) is 9.05. The van der Waals surface area contributed by atoms with E-state index in [4.69, 9.17) is 4.52 Å². The molecular formula is C19H19N3O2S. The van der Waals surface area contributed by atoms with Crippen LogP contribution >= 0.6 is 11.8 Å². The van der Waals surface area contributed by atoms with Crippen molar-refractivity contribution < 1.29 is 9.32 Å². The van der Waals surface area contributed by atoms with Crippen LogP contribution < -0.4 is 5.32 Å². The lowest BCUT2D eigenvalue weighted by molar-refractivity contribution is 0.102. The summed E-state index contributed by atoms with van der Waals surface area (Å²) in [5, 5.41) is 6.86. The number of aryl methyl sites for hydroxylation is 2. The quantitative estimate of drug-likeness (QED) is 0.662. The van der Waals surface area contributed by atoms with Gasteiger partial charge in [-0.05, 0) is 36.2 Å². The van der Waals surface area contributed by atoms with Crippen molar-refractivity contribution in [2.45, 2.75) is 30.9 Å². The third kappa shape index (κ3) is 4.48. The van der Waals surface area contributed by atoms with Crippen LogP contribution in [0.2, 0.25) is 0 Å². The highest BCUT2D eigenvalue weighted by molar-refractivity contribution is 7.98. The predicted octanol–water partition coefficient (Wildman–Crippen LogP) is 4.49. The molecule has 0 aliphatic heterocycles. The number of benzene rings is 2. The number of aromatic nitrogens is 2. The molecule has 2 aromatic carbocycles. The third-order valence-electron chi connectivity index (χ3n) is 3.65. The molecule has 6 heteroatoms. The zero-order valence-electron chi connectivity index (χ0n) is 14.2. The molecule has 3 aromatic rings. The number of hydrogen-bond acceptors (Lipinski definition) is 5. The molecule has 1 N–H and O–H groups in total. The molecule has 1 aromatic heterocycles. The fourth-order valence-corrected chi connectivity index (χ4v) is 3.28. The van der Waals surface area contributed by atoms with Crippen molar-refractivity contribution >= 4 is 23.4 Å². The minimum Gasteiger partial charge on any atom is -0.340 e. The van der Waals surface area contributed by atoms with Gasteiger partial charge in [0.15, 0.2) is 5.82 Å². The van der Waals surface area contributed by atoms with E-state index in [0.717, 1.165) is 17.0 Å². The first-order valence-electron chi connectivity index (χ1n) is 8.07. The molecule has 1 heterocycles. The topological polar surface area (TPSA) is 68.0 Å². The van der Waals surface area contributed by atoms with E-state index in [9.17, 15) is 4.79 Å². The van der Waals surface area contributed by atoms with Gasteiger partial charge in [0.1, 0.15) is 0 Å². The van der Waals surface area contributed by atoms with Crippen LogP contribution in [-0.2, 0) is 12.2 Å². The number of hydrogen-bond donors (Lipinski definition) is 1. The van der Waals surface area contributed by atoms with Gasteiger partial charge in [-0.2, -0.15) is 4.98 Å². The minimum atomic E-state index is -0.124. The number of thioether (sulfide) groups is 1. The second-order valence-electron chi connectivity index (χ2n) is 5.52. The molecule has 1 amide bonds. The largest absolute Gasteiger partial charge is 0.340 e. The number of nitrogens with one attached hydrogen (secondary N) is 1. The molecule has 0 radical (unpaired) electrons. The SMILES string of the molecule is CCc1cccc(NC(=O)c2ccccc2SCc2noc(C)n2)c1. The molecule has 0 saturated heterocycles. The van der Waals surface area contributed by atoms with Crippen molar-refractivity contribution in [2.24, 2.45) is 0 Å². The first-order chi connectivity index (χ1) is 12.2. The predicted molar refractivity (Wildman–Crippen MR) is 98.8 cm³/mol. The molecule has 0 fully saturated rings. The highest BCUT2D eigenvalue weighted by Gasteiger charge is 2.13. The highest BCUT2D eigenvalue weighted by Crippen LogP contribution is 2.26. The second-order valence-corrected chi connectivity index (χ2v) is 6.54. The molecule has 0 saturated carbocycles. The van der Waals surface area contributed by atoms with Crippen LogP contribution in [0.5, 0.6) is 0 Å². The van der Waals surface area contributed by atoms with Crippen molar-refractivity contribution in [1.82, 2.24) is 10.1 Å². The van der Waals surface area contributed by atoms with E-state index in [1.54, 1.807) is 6.92 Å². The summed E-state index contributed by atoms with van der Waals surface area (Å²) in [6.45, 7) is 3.85. The van der Waals surface area contributed by atoms with E-state index in [1.807, 2.05) is 48.5 Å². The van der Waals surface area contributed by atoms with Crippen molar-refractivity contribution in [3.63, 3.8) is 0 Å².